The van der Waals surface area contributed by atoms with Gasteiger partial charge in [0.25, 0.3) is 11.5 Å². The quantitative estimate of drug-likeness (QED) is 0.445. The molecule has 0 radical (unpaired) electrons. The first-order chi connectivity index (χ1) is 17.4. The van der Waals surface area contributed by atoms with Gasteiger partial charge in [0.05, 0.1) is 7.11 Å². The van der Waals surface area contributed by atoms with E-state index >= 15 is 0 Å². The molecule has 4 heterocycles. The Hall–Kier alpha value is -4.13. The maximum absolute atomic E-state index is 13.5. The number of hydrogen-bond acceptors (Lipinski definition) is 5. The third kappa shape index (κ3) is 3.54. The van der Waals surface area contributed by atoms with Crippen LogP contribution in [0.4, 0.5) is 0 Å². The van der Waals surface area contributed by atoms with Gasteiger partial charge in [-0.3, -0.25) is 9.59 Å². The normalized spacial score (nSPS) is 16.4. The van der Waals surface area contributed by atoms with Gasteiger partial charge in [-0.2, -0.15) is 0 Å². The number of ether oxygens (including phenoxy) is 2. The van der Waals surface area contributed by atoms with E-state index in [-0.39, 0.29) is 11.5 Å². The van der Waals surface area contributed by atoms with Crippen molar-refractivity contribution >= 4 is 16.8 Å². The number of carbonyl (C=O) groups excluding carboxylic acids is 1. The third-order valence-electron chi connectivity index (χ3n) is 7.31. The Morgan fingerprint density at radius 2 is 1.92 bits per heavy atom. The van der Waals surface area contributed by atoms with Crippen LogP contribution in [0.1, 0.15) is 22.5 Å². The van der Waals surface area contributed by atoms with Gasteiger partial charge in [-0.1, -0.05) is 24.3 Å². The summed E-state index contributed by atoms with van der Waals surface area (Å²) >= 11 is 0. The van der Waals surface area contributed by atoms with Crippen molar-refractivity contribution in [3.05, 3.63) is 87.5 Å². The Labute approximate surface area is 208 Å². The van der Waals surface area contributed by atoms with Crippen LogP contribution < -0.4 is 15.0 Å². The molecular formula is C29H27N3O4. The lowest BCUT2D eigenvalue weighted by atomic mass is 9.96. The number of pyridine rings is 2. The molecule has 0 saturated heterocycles. The first-order valence-electron chi connectivity index (χ1n) is 12.1. The fourth-order valence-corrected chi connectivity index (χ4v) is 5.42. The Balaban J connectivity index is 1.37. The Morgan fingerprint density at radius 3 is 2.72 bits per heavy atom. The van der Waals surface area contributed by atoms with Crippen LogP contribution in [-0.4, -0.2) is 40.1 Å². The molecule has 36 heavy (non-hydrogen) atoms. The van der Waals surface area contributed by atoms with Crippen LogP contribution in [0.3, 0.4) is 0 Å². The monoisotopic (exact) mass is 481 g/mol. The molecule has 2 aliphatic heterocycles. The van der Waals surface area contributed by atoms with Gasteiger partial charge in [0, 0.05) is 55.3 Å². The van der Waals surface area contributed by atoms with Crippen LogP contribution in [-0.2, 0) is 31.2 Å². The number of para-hydroxylation sites is 1. The van der Waals surface area contributed by atoms with E-state index in [9.17, 15) is 9.59 Å². The van der Waals surface area contributed by atoms with E-state index in [1.807, 2.05) is 73.5 Å². The van der Waals surface area contributed by atoms with Gasteiger partial charge in [-0.15, -0.1) is 0 Å². The molecule has 2 aliphatic rings. The van der Waals surface area contributed by atoms with Crippen LogP contribution in [0.2, 0.25) is 0 Å². The van der Waals surface area contributed by atoms with Gasteiger partial charge < -0.3 is 18.9 Å². The first-order valence-corrected chi connectivity index (χ1v) is 12.1. The maximum Gasteiger partial charge on any atom is 0.264 e. The predicted octanol–water partition coefficient (Wildman–Crippen LogP) is 3.81. The van der Waals surface area contributed by atoms with Crippen molar-refractivity contribution in [3.63, 3.8) is 0 Å². The number of fused-ring (bicyclic) bond motifs is 3. The topological polar surface area (TPSA) is 73.7 Å². The molecule has 0 saturated carbocycles. The Morgan fingerprint density at radius 1 is 1.08 bits per heavy atom. The zero-order chi connectivity index (χ0) is 25.0. The van der Waals surface area contributed by atoms with Crippen molar-refractivity contribution in [1.29, 1.82) is 0 Å². The van der Waals surface area contributed by atoms with Gasteiger partial charge in [-0.25, -0.2) is 4.98 Å². The number of hydrogen-bond donors (Lipinski definition) is 0. The summed E-state index contributed by atoms with van der Waals surface area (Å²) in [4.78, 5) is 33.4. The zero-order valence-electron chi connectivity index (χ0n) is 20.6. The molecule has 0 fully saturated rings. The van der Waals surface area contributed by atoms with Gasteiger partial charge >= 0.3 is 0 Å². The first kappa shape index (κ1) is 22.3. The molecule has 4 aromatic rings. The predicted molar refractivity (Wildman–Crippen MR) is 137 cm³/mol. The standard InChI is InChI=1S/C29H27N3O4/c1-17-8-9-21-20(10-11-25(35-3)27(21)30-17)22-14-19-16-32(13-12-23(19)31(2)28(22)33)29(34)26-15-18-6-4-5-7-24(18)36-26/h4-11,14,26H,12-13,15-16H2,1-3H3. The van der Waals surface area contributed by atoms with E-state index in [1.165, 1.54) is 0 Å². The second-order valence-electron chi connectivity index (χ2n) is 9.49. The summed E-state index contributed by atoms with van der Waals surface area (Å²) in [7, 11) is 3.43. The minimum atomic E-state index is -0.504. The highest BCUT2D eigenvalue weighted by atomic mass is 16.5. The lowest BCUT2D eigenvalue weighted by Crippen LogP contribution is -2.45. The van der Waals surface area contributed by atoms with Crippen molar-refractivity contribution in [2.75, 3.05) is 13.7 Å². The minimum absolute atomic E-state index is 0.0122. The molecule has 182 valence electrons. The molecular weight excluding hydrogens is 454 g/mol. The average Bonchev–Trinajstić information content (AvgIpc) is 3.34. The molecule has 7 heteroatoms. The largest absolute Gasteiger partial charge is 0.494 e. The van der Waals surface area contributed by atoms with E-state index in [0.717, 1.165) is 44.7 Å². The third-order valence-corrected chi connectivity index (χ3v) is 7.31. The molecule has 0 aliphatic carbocycles. The number of nitrogens with zero attached hydrogens (tertiary/aromatic N) is 3. The van der Waals surface area contributed by atoms with E-state index in [4.69, 9.17) is 9.47 Å². The van der Waals surface area contributed by atoms with Gasteiger partial charge in [-0.05, 0) is 53.9 Å². The van der Waals surface area contributed by atoms with Crippen LogP contribution in [0, 0.1) is 6.92 Å². The fraction of sp³-hybridized carbons (Fsp3) is 0.276. The minimum Gasteiger partial charge on any atom is -0.494 e. The van der Waals surface area contributed by atoms with Crippen LogP contribution >= 0.6 is 0 Å². The van der Waals surface area contributed by atoms with Crippen molar-refractivity contribution in [2.45, 2.75) is 32.4 Å². The number of rotatable bonds is 3. The summed E-state index contributed by atoms with van der Waals surface area (Å²) in [5.41, 5.74) is 5.95. The fourth-order valence-electron chi connectivity index (χ4n) is 5.42. The summed E-state index contributed by atoms with van der Waals surface area (Å²) in [5, 5.41) is 0.859. The summed E-state index contributed by atoms with van der Waals surface area (Å²) in [6, 6.07) is 17.4. The Bertz CT molecular complexity index is 1560. The summed E-state index contributed by atoms with van der Waals surface area (Å²) < 4.78 is 13.2. The molecule has 1 atom stereocenters. The van der Waals surface area contributed by atoms with E-state index in [0.29, 0.717) is 37.2 Å². The van der Waals surface area contributed by atoms with Crippen molar-refractivity contribution < 1.29 is 14.3 Å². The zero-order valence-corrected chi connectivity index (χ0v) is 20.6. The lowest BCUT2D eigenvalue weighted by Gasteiger charge is -2.32. The number of methoxy groups -OCH3 is 1. The maximum atomic E-state index is 13.5. The molecule has 2 aromatic carbocycles. The summed E-state index contributed by atoms with van der Waals surface area (Å²) in [6.45, 7) is 2.93. The molecule has 1 amide bonds. The van der Waals surface area contributed by atoms with E-state index < -0.39 is 6.10 Å². The van der Waals surface area contributed by atoms with Crippen LogP contribution in [0.15, 0.2) is 59.4 Å². The van der Waals surface area contributed by atoms with Crippen molar-refractivity contribution in [2.24, 2.45) is 7.05 Å². The van der Waals surface area contributed by atoms with Crippen molar-refractivity contribution in [3.8, 4) is 22.6 Å². The molecule has 6 rings (SSSR count). The highest BCUT2D eigenvalue weighted by Crippen LogP contribution is 2.34. The lowest BCUT2D eigenvalue weighted by molar-refractivity contribution is -0.138. The average molecular weight is 482 g/mol. The number of aryl methyl sites for hydroxylation is 1. The van der Waals surface area contributed by atoms with Crippen LogP contribution in [0.5, 0.6) is 11.5 Å². The number of amides is 1. The molecule has 2 aromatic heterocycles. The smallest absolute Gasteiger partial charge is 0.264 e. The molecule has 0 spiro atoms. The van der Waals surface area contributed by atoms with Gasteiger partial charge in [0.15, 0.2) is 6.10 Å². The van der Waals surface area contributed by atoms with Gasteiger partial charge in [0.2, 0.25) is 0 Å². The number of carbonyl (C=O) groups is 1. The van der Waals surface area contributed by atoms with E-state index in [2.05, 4.69) is 4.98 Å². The molecule has 1 unspecified atom stereocenters. The Kier molecular flexibility index (Phi) is 5.29. The van der Waals surface area contributed by atoms with Crippen molar-refractivity contribution in [1.82, 2.24) is 14.5 Å². The summed E-state index contributed by atoms with van der Waals surface area (Å²) in [5.74, 6) is 1.44. The number of aromatic nitrogens is 2. The summed E-state index contributed by atoms with van der Waals surface area (Å²) in [6.07, 6.45) is 0.702. The second kappa shape index (κ2) is 8.52. The highest BCUT2D eigenvalue weighted by Gasteiger charge is 2.34. The van der Waals surface area contributed by atoms with Gasteiger partial charge in [0.1, 0.15) is 17.0 Å². The van der Waals surface area contributed by atoms with Crippen LogP contribution in [0.25, 0.3) is 22.0 Å². The SMILES string of the molecule is COc1ccc(-c2cc3c(n(C)c2=O)CCN(C(=O)C2Cc4ccccc4O2)C3)c2ccc(C)nc12. The number of benzene rings is 2. The van der Waals surface area contributed by atoms with E-state index in [1.54, 1.807) is 11.7 Å². The highest BCUT2D eigenvalue weighted by molar-refractivity contribution is 5.98. The molecule has 7 nitrogen and oxygen atoms in total. The molecule has 0 bridgehead atoms. The second-order valence-corrected chi connectivity index (χ2v) is 9.49. The molecule has 0 N–H and O–H groups in total.